The quantitative estimate of drug-likeness (QED) is 0.853. The number of nitrogens with one attached hydrogen (secondary N) is 1. The lowest BCUT2D eigenvalue weighted by Gasteiger charge is -2.14. The summed E-state index contributed by atoms with van der Waals surface area (Å²) in [5.74, 6) is -0.978. The molecule has 2 rings (SSSR count). The highest BCUT2D eigenvalue weighted by Crippen LogP contribution is 2.28. The van der Waals surface area contributed by atoms with Crippen LogP contribution < -0.4 is 4.72 Å². The maximum Gasteiger partial charge on any atom is 0.261 e. The van der Waals surface area contributed by atoms with E-state index in [9.17, 15) is 21.2 Å². The van der Waals surface area contributed by atoms with Gasteiger partial charge in [0.2, 0.25) is 10.0 Å². The summed E-state index contributed by atoms with van der Waals surface area (Å²) < 4.78 is 62.0. The lowest BCUT2D eigenvalue weighted by Crippen LogP contribution is -2.25. The molecule has 0 aromatic heterocycles. The van der Waals surface area contributed by atoms with E-state index < -0.39 is 35.0 Å². The summed E-state index contributed by atoms with van der Waals surface area (Å²) in [6.45, 7) is 0. The Morgan fingerprint density at radius 1 is 1.15 bits per heavy atom. The summed E-state index contributed by atoms with van der Waals surface area (Å²) in [5.41, 5.74) is -0.277. The van der Waals surface area contributed by atoms with E-state index in [1.165, 1.54) is 0 Å². The molecule has 0 amide bonds. The van der Waals surface area contributed by atoms with Crippen LogP contribution >= 0.6 is 10.7 Å². The normalized spacial score (nSPS) is 17.3. The summed E-state index contributed by atoms with van der Waals surface area (Å²) in [7, 11) is -2.62. The number of halogens is 2. The summed E-state index contributed by atoms with van der Waals surface area (Å²) in [6, 6.07) is 2.80. The van der Waals surface area contributed by atoms with Crippen LogP contribution in [0, 0.1) is 5.82 Å². The van der Waals surface area contributed by atoms with Gasteiger partial charge in [0.25, 0.3) is 9.05 Å². The van der Waals surface area contributed by atoms with Crippen molar-refractivity contribution in [3.8, 4) is 0 Å². The first-order valence-corrected chi connectivity index (χ1v) is 9.81. The van der Waals surface area contributed by atoms with Crippen LogP contribution in [-0.4, -0.2) is 22.1 Å². The number of sulfonamides is 1. The fourth-order valence-corrected chi connectivity index (χ4v) is 4.52. The fourth-order valence-electron chi connectivity index (χ4n) is 2.17. The second-order valence-corrected chi connectivity index (χ2v) is 9.16. The Hall–Kier alpha value is -0.860. The molecule has 1 saturated carbocycles. The first-order valence-electron chi connectivity index (χ1n) is 5.96. The van der Waals surface area contributed by atoms with Crippen molar-refractivity contribution >= 4 is 35.4 Å². The summed E-state index contributed by atoms with van der Waals surface area (Å²) >= 11 is 0. The van der Waals surface area contributed by atoms with Gasteiger partial charge in [-0.05, 0) is 31.0 Å². The highest BCUT2D eigenvalue weighted by Gasteiger charge is 2.29. The van der Waals surface area contributed by atoms with Crippen molar-refractivity contribution in [1.29, 1.82) is 0 Å². The predicted molar refractivity (Wildman–Crippen MR) is 74.2 cm³/mol. The molecule has 112 valence electrons. The molecule has 0 unspecified atom stereocenters. The van der Waals surface area contributed by atoms with Crippen LogP contribution in [-0.2, 0) is 19.1 Å². The number of hydrogen-bond acceptors (Lipinski definition) is 4. The monoisotopic (exact) mass is 341 g/mol. The third-order valence-electron chi connectivity index (χ3n) is 3.22. The van der Waals surface area contributed by atoms with Crippen LogP contribution in [0.2, 0.25) is 0 Å². The maximum absolute atomic E-state index is 13.7. The number of anilines is 1. The molecular weight excluding hydrogens is 329 g/mol. The van der Waals surface area contributed by atoms with Crippen molar-refractivity contribution in [1.82, 2.24) is 0 Å². The minimum absolute atomic E-state index is 0.277. The van der Waals surface area contributed by atoms with Crippen molar-refractivity contribution in [3.63, 3.8) is 0 Å². The molecule has 0 atom stereocenters. The summed E-state index contributed by atoms with van der Waals surface area (Å²) in [6.07, 6.45) is 2.76. The van der Waals surface area contributed by atoms with Gasteiger partial charge in [0.05, 0.1) is 15.8 Å². The molecule has 1 aliphatic carbocycles. The maximum atomic E-state index is 13.7. The van der Waals surface area contributed by atoms with Crippen LogP contribution in [0.3, 0.4) is 0 Å². The predicted octanol–water partition coefficient (Wildman–Crippen LogP) is 2.44. The van der Waals surface area contributed by atoms with Crippen molar-refractivity contribution in [2.75, 3.05) is 4.72 Å². The van der Waals surface area contributed by atoms with Gasteiger partial charge in [0, 0.05) is 10.7 Å². The van der Waals surface area contributed by atoms with Gasteiger partial charge in [-0.15, -0.1) is 0 Å². The van der Waals surface area contributed by atoms with Gasteiger partial charge in [0.15, 0.2) is 0 Å². The first-order chi connectivity index (χ1) is 9.20. The lowest BCUT2D eigenvalue weighted by molar-refractivity contribution is 0.583. The van der Waals surface area contributed by atoms with Crippen molar-refractivity contribution in [2.24, 2.45) is 0 Å². The molecule has 9 heteroatoms. The Bertz CT molecular complexity index is 712. The molecule has 1 aliphatic rings. The molecule has 0 bridgehead atoms. The molecule has 1 aromatic rings. The Balaban J connectivity index is 2.26. The minimum Gasteiger partial charge on any atom is -0.280 e. The third-order valence-corrected chi connectivity index (χ3v) is 6.42. The van der Waals surface area contributed by atoms with Crippen LogP contribution in [0.15, 0.2) is 23.1 Å². The van der Waals surface area contributed by atoms with Gasteiger partial charge >= 0.3 is 0 Å². The molecule has 1 N–H and O–H groups in total. The van der Waals surface area contributed by atoms with E-state index in [1.807, 2.05) is 0 Å². The second-order valence-electron chi connectivity index (χ2n) is 4.63. The van der Waals surface area contributed by atoms with E-state index in [4.69, 9.17) is 10.7 Å². The average Bonchev–Trinajstić information content (AvgIpc) is 2.84. The molecule has 0 saturated heterocycles. The highest BCUT2D eigenvalue weighted by molar-refractivity contribution is 8.13. The molecule has 5 nitrogen and oxygen atoms in total. The van der Waals surface area contributed by atoms with Gasteiger partial charge in [-0.1, -0.05) is 12.8 Å². The zero-order chi connectivity index (χ0) is 15.0. The zero-order valence-electron chi connectivity index (χ0n) is 10.3. The smallest absolute Gasteiger partial charge is 0.261 e. The first kappa shape index (κ1) is 15.5. The Morgan fingerprint density at radius 3 is 2.25 bits per heavy atom. The lowest BCUT2D eigenvalue weighted by atomic mass is 10.3. The van der Waals surface area contributed by atoms with Gasteiger partial charge in [0.1, 0.15) is 5.82 Å². The van der Waals surface area contributed by atoms with Crippen molar-refractivity contribution < 1.29 is 21.2 Å². The van der Waals surface area contributed by atoms with Gasteiger partial charge in [-0.3, -0.25) is 4.72 Å². The zero-order valence-corrected chi connectivity index (χ0v) is 12.7. The second kappa shape index (κ2) is 5.50. The van der Waals surface area contributed by atoms with E-state index in [0.717, 1.165) is 25.0 Å². The van der Waals surface area contributed by atoms with Gasteiger partial charge in [-0.25, -0.2) is 21.2 Å². The van der Waals surface area contributed by atoms with Crippen LogP contribution in [0.5, 0.6) is 0 Å². The SMILES string of the molecule is O=S(=O)(Cl)c1ccc(NS(=O)(=O)C2CCCC2)c(F)c1. The Kier molecular flexibility index (Phi) is 4.27. The topological polar surface area (TPSA) is 80.3 Å². The molecule has 1 aromatic carbocycles. The number of benzene rings is 1. The molecule has 0 heterocycles. The molecule has 0 spiro atoms. The molecule has 0 radical (unpaired) electrons. The van der Waals surface area contributed by atoms with Crippen LogP contribution in [0.25, 0.3) is 0 Å². The van der Waals surface area contributed by atoms with Crippen LogP contribution in [0.1, 0.15) is 25.7 Å². The highest BCUT2D eigenvalue weighted by atomic mass is 35.7. The van der Waals surface area contributed by atoms with E-state index in [2.05, 4.69) is 4.72 Å². The van der Waals surface area contributed by atoms with Crippen LogP contribution in [0.4, 0.5) is 10.1 Å². The molecular formula is C11H13ClFNO4S2. The minimum atomic E-state index is -4.05. The number of hydrogen-bond donors (Lipinski definition) is 1. The molecule has 0 aliphatic heterocycles. The largest absolute Gasteiger partial charge is 0.280 e. The molecule has 1 fully saturated rings. The third kappa shape index (κ3) is 3.42. The summed E-state index contributed by atoms with van der Waals surface area (Å²) in [5, 5.41) is -0.529. The van der Waals surface area contributed by atoms with E-state index in [1.54, 1.807) is 0 Å². The van der Waals surface area contributed by atoms with Crippen molar-refractivity contribution in [2.45, 2.75) is 35.8 Å². The summed E-state index contributed by atoms with van der Waals surface area (Å²) in [4.78, 5) is -0.416. The van der Waals surface area contributed by atoms with Gasteiger partial charge in [-0.2, -0.15) is 0 Å². The van der Waals surface area contributed by atoms with Gasteiger partial charge < -0.3 is 0 Å². The van der Waals surface area contributed by atoms with E-state index in [0.29, 0.717) is 18.9 Å². The fraction of sp³-hybridized carbons (Fsp3) is 0.455. The number of rotatable bonds is 4. The van der Waals surface area contributed by atoms with E-state index >= 15 is 0 Å². The Labute approximate surface area is 121 Å². The Morgan fingerprint density at radius 2 is 1.75 bits per heavy atom. The van der Waals surface area contributed by atoms with E-state index in [-0.39, 0.29) is 5.69 Å². The average molecular weight is 342 g/mol. The molecule has 20 heavy (non-hydrogen) atoms. The standard InChI is InChI=1S/C11H13ClFNO4S2/c12-19(15,16)9-5-6-11(10(13)7-9)14-20(17,18)8-3-1-2-4-8/h5-8,14H,1-4H2. The van der Waals surface area contributed by atoms with Crippen molar-refractivity contribution in [3.05, 3.63) is 24.0 Å².